The highest BCUT2D eigenvalue weighted by Crippen LogP contribution is 2.10. The summed E-state index contributed by atoms with van der Waals surface area (Å²) in [6, 6.07) is 9.78. The SMILES string of the molecule is CCOC(=O)c1cccn1Cc1cccc(F)c1. The maximum atomic E-state index is 13.1. The molecule has 0 amide bonds. The second-order valence-corrected chi connectivity index (χ2v) is 3.87. The van der Waals surface area contributed by atoms with Crippen molar-refractivity contribution in [3.05, 3.63) is 59.7 Å². The van der Waals surface area contributed by atoms with Crippen molar-refractivity contribution < 1.29 is 13.9 Å². The number of halogens is 1. The van der Waals surface area contributed by atoms with E-state index in [1.54, 1.807) is 35.9 Å². The maximum Gasteiger partial charge on any atom is 0.354 e. The fourth-order valence-corrected chi connectivity index (χ4v) is 1.77. The van der Waals surface area contributed by atoms with Crippen LogP contribution in [0.3, 0.4) is 0 Å². The zero-order valence-electron chi connectivity index (χ0n) is 10.1. The Morgan fingerprint density at radius 1 is 1.33 bits per heavy atom. The van der Waals surface area contributed by atoms with Crippen LogP contribution in [0.5, 0.6) is 0 Å². The van der Waals surface area contributed by atoms with Crippen LogP contribution in [0.2, 0.25) is 0 Å². The van der Waals surface area contributed by atoms with Crippen molar-refractivity contribution in [2.75, 3.05) is 6.61 Å². The van der Waals surface area contributed by atoms with Crippen molar-refractivity contribution in [2.45, 2.75) is 13.5 Å². The summed E-state index contributed by atoms with van der Waals surface area (Å²) >= 11 is 0. The number of rotatable bonds is 4. The van der Waals surface area contributed by atoms with Gasteiger partial charge in [-0.05, 0) is 36.8 Å². The summed E-state index contributed by atoms with van der Waals surface area (Å²) in [5, 5.41) is 0. The van der Waals surface area contributed by atoms with Crippen molar-refractivity contribution in [1.29, 1.82) is 0 Å². The lowest BCUT2D eigenvalue weighted by molar-refractivity contribution is 0.0514. The van der Waals surface area contributed by atoms with Crippen LogP contribution in [0, 0.1) is 5.82 Å². The minimum Gasteiger partial charge on any atom is -0.461 e. The first-order valence-electron chi connectivity index (χ1n) is 5.77. The minimum absolute atomic E-state index is 0.280. The van der Waals surface area contributed by atoms with E-state index in [0.717, 1.165) is 5.56 Å². The summed E-state index contributed by atoms with van der Waals surface area (Å²) in [6.07, 6.45) is 1.77. The summed E-state index contributed by atoms with van der Waals surface area (Å²) < 4.78 is 19.8. The Bertz CT molecular complexity index is 548. The molecule has 1 aromatic carbocycles. The third kappa shape index (κ3) is 2.77. The number of carbonyl (C=O) groups excluding carboxylic acids is 1. The quantitative estimate of drug-likeness (QED) is 0.778. The fraction of sp³-hybridized carbons (Fsp3) is 0.214. The van der Waals surface area contributed by atoms with Gasteiger partial charge in [-0.2, -0.15) is 0 Å². The van der Waals surface area contributed by atoms with Gasteiger partial charge in [-0.25, -0.2) is 9.18 Å². The van der Waals surface area contributed by atoms with Crippen molar-refractivity contribution >= 4 is 5.97 Å². The molecule has 0 fully saturated rings. The van der Waals surface area contributed by atoms with E-state index >= 15 is 0 Å². The minimum atomic E-state index is -0.362. The molecule has 2 rings (SSSR count). The fourth-order valence-electron chi connectivity index (χ4n) is 1.77. The lowest BCUT2D eigenvalue weighted by Gasteiger charge is -2.08. The topological polar surface area (TPSA) is 31.2 Å². The molecule has 4 heteroatoms. The van der Waals surface area contributed by atoms with E-state index in [1.165, 1.54) is 12.1 Å². The average Bonchev–Trinajstić information content (AvgIpc) is 2.77. The number of carbonyl (C=O) groups is 1. The van der Waals surface area contributed by atoms with Gasteiger partial charge in [0.05, 0.1) is 6.61 Å². The summed E-state index contributed by atoms with van der Waals surface area (Å²) in [4.78, 5) is 11.7. The standard InChI is InChI=1S/C14H14FNO2/c1-2-18-14(17)13-7-4-8-16(13)10-11-5-3-6-12(15)9-11/h3-9H,2,10H2,1H3. The zero-order chi connectivity index (χ0) is 13.0. The first-order valence-corrected chi connectivity index (χ1v) is 5.77. The molecule has 2 aromatic rings. The molecule has 0 unspecified atom stereocenters. The number of esters is 1. The van der Waals surface area contributed by atoms with Crippen molar-refractivity contribution in [3.8, 4) is 0 Å². The highest BCUT2D eigenvalue weighted by molar-refractivity contribution is 5.87. The van der Waals surface area contributed by atoms with Crippen LogP contribution in [-0.2, 0) is 11.3 Å². The predicted molar refractivity (Wildman–Crippen MR) is 65.9 cm³/mol. The maximum absolute atomic E-state index is 13.1. The van der Waals surface area contributed by atoms with Gasteiger partial charge in [0.15, 0.2) is 0 Å². The largest absolute Gasteiger partial charge is 0.461 e. The van der Waals surface area contributed by atoms with Gasteiger partial charge in [-0.15, -0.1) is 0 Å². The number of benzene rings is 1. The second-order valence-electron chi connectivity index (χ2n) is 3.87. The summed E-state index contributed by atoms with van der Waals surface area (Å²) in [6.45, 7) is 2.54. The van der Waals surface area contributed by atoms with Crippen LogP contribution in [-0.4, -0.2) is 17.1 Å². The summed E-state index contributed by atoms with van der Waals surface area (Å²) in [7, 11) is 0. The first-order chi connectivity index (χ1) is 8.70. The van der Waals surface area contributed by atoms with E-state index in [0.29, 0.717) is 18.8 Å². The Morgan fingerprint density at radius 2 is 2.17 bits per heavy atom. The molecule has 0 N–H and O–H groups in total. The molecule has 0 aliphatic carbocycles. The van der Waals surface area contributed by atoms with Gasteiger partial charge in [0.25, 0.3) is 0 Å². The van der Waals surface area contributed by atoms with Crippen molar-refractivity contribution in [2.24, 2.45) is 0 Å². The molecule has 0 radical (unpaired) electrons. The molecule has 0 saturated carbocycles. The van der Waals surface area contributed by atoms with Gasteiger partial charge in [-0.1, -0.05) is 12.1 Å². The van der Waals surface area contributed by atoms with Gasteiger partial charge >= 0.3 is 5.97 Å². The Hall–Kier alpha value is -2.10. The third-order valence-corrected chi connectivity index (χ3v) is 2.56. The molecule has 0 atom stereocenters. The van der Waals surface area contributed by atoms with E-state index in [-0.39, 0.29) is 11.8 Å². The van der Waals surface area contributed by atoms with Gasteiger partial charge in [-0.3, -0.25) is 0 Å². The van der Waals surface area contributed by atoms with E-state index in [1.807, 2.05) is 6.07 Å². The molecular weight excluding hydrogens is 233 g/mol. The van der Waals surface area contributed by atoms with Crippen LogP contribution in [0.25, 0.3) is 0 Å². The Kier molecular flexibility index (Phi) is 3.77. The highest BCUT2D eigenvalue weighted by atomic mass is 19.1. The molecule has 3 nitrogen and oxygen atoms in total. The third-order valence-electron chi connectivity index (χ3n) is 2.56. The summed E-state index contributed by atoms with van der Waals surface area (Å²) in [5.41, 5.74) is 1.28. The molecule has 0 saturated heterocycles. The first kappa shape index (κ1) is 12.4. The lowest BCUT2D eigenvalue weighted by atomic mass is 10.2. The molecule has 0 spiro atoms. The van der Waals surface area contributed by atoms with Crippen molar-refractivity contribution in [3.63, 3.8) is 0 Å². The lowest BCUT2D eigenvalue weighted by Crippen LogP contribution is -2.12. The van der Waals surface area contributed by atoms with Crippen LogP contribution >= 0.6 is 0 Å². The smallest absolute Gasteiger partial charge is 0.354 e. The molecule has 1 aromatic heterocycles. The van der Waals surface area contributed by atoms with Crippen LogP contribution < -0.4 is 0 Å². The van der Waals surface area contributed by atoms with Crippen LogP contribution in [0.4, 0.5) is 4.39 Å². The van der Waals surface area contributed by atoms with E-state index in [4.69, 9.17) is 4.74 Å². The number of hydrogen-bond donors (Lipinski definition) is 0. The number of aromatic nitrogens is 1. The molecule has 1 heterocycles. The van der Waals surface area contributed by atoms with E-state index in [9.17, 15) is 9.18 Å². The monoisotopic (exact) mass is 247 g/mol. The second kappa shape index (κ2) is 5.49. The van der Waals surface area contributed by atoms with E-state index < -0.39 is 0 Å². The highest BCUT2D eigenvalue weighted by Gasteiger charge is 2.11. The normalized spacial score (nSPS) is 10.3. The van der Waals surface area contributed by atoms with Gasteiger partial charge in [0.1, 0.15) is 11.5 Å². The molecule has 0 aliphatic heterocycles. The van der Waals surface area contributed by atoms with Crippen molar-refractivity contribution in [1.82, 2.24) is 4.57 Å². The van der Waals surface area contributed by atoms with Crippen LogP contribution in [0.15, 0.2) is 42.6 Å². The average molecular weight is 247 g/mol. The molecule has 0 bridgehead atoms. The predicted octanol–water partition coefficient (Wildman–Crippen LogP) is 2.85. The molecule has 94 valence electrons. The molecule has 0 aliphatic rings. The number of nitrogens with zero attached hydrogens (tertiary/aromatic N) is 1. The number of hydrogen-bond acceptors (Lipinski definition) is 2. The van der Waals surface area contributed by atoms with E-state index in [2.05, 4.69) is 0 Å². The Labute approximate surface area is 105 Å². The van der Waals surface area contributed by atoms with Crippen LogP contribution in [0.1, 0.15) is 23.0 Å². The molecular formula is C14H14FNO2. The Balaban J connectivity index is 2.20. The number of ether oxygens (including phenoxy) is 1. The van der Waals surface area contributed by atoms with Gasteiger partial charge in [0.2, 0.25) is 0 Å². The van der Waals surface area contributed by atoms with Gasteiger partial charge < -0.3 is 9.30 Å². The van der Waals surface area contributed by atoms with Gasteiger partial charge in [0, 0.05) is 12.7 Å². The summed E-state index contributed by atoms with van der Waals surface area (Å²) in [5.74, 6) is -0.642. The zero-order valence-corrected chi connectivity index (χ0v) is 10.1. The molecule has 18 heavy (non-hydrogen) atoms. The Morgan fingerprint density at radius 3 is 2.89 bits per heavy atom.